The molecule has 0 bridgehead atoms. The number of carbonyl (C=O) groups excluding carboxylic acids is 2. The first-order chi connectivity index (χ1) is 2.83. The molecule has 0 unspecified atom stereocenters. The summed E-state index contributed by atoms with van der Waals surface area (Å²) in [6, 6.07) is 0. The van der Waals surface area contributed by atoms with Crippen LogP contribution in [0.25, 0.3) is 0 Å². The molecule has 0 aliphatic rings. The summed E-state index contributed by atoms with van der Waals surface area (Å²) in [4.78, 5) is 16.5. The molecule has 6 heteroatoms. The molecular weight excluding hydrogens is 215 g/mol. The predicted octanol–water partition coefficient (Wildman–Crippen LogP) is -3.27. The van der Waals surface area contributed by atoms with Gasteiger partial charge in [-0.25, -0.2) is 0 Å². The van der Waals surface area contributed by atoms with Gasteiger partial charge >= 0.3 is 34.1 Å². The molecule has 0 heterocycles. The molecule has 0 aliphatic carbocycles. The Morgan fingerprint density at radius 3 is 0.875 bits per heavy atom. The minimum Gasteiger partial charge on any atom is -0.554 e. The largest absolute Gasteiger partial charge is 1.00 e. The van der Waals surface area contributed by atoms with Crippen LogP contribution in [-0.4, -0.2) is 12.9 Å². The zero-order chi connectivity index (χ0) is 5.41. The minimum absolute atomic E-state index is 0. The molecule has 0 N–H and O–H groups in total. The Bertz CT molecular complexity index is 33.0. The van der Waals surface area contributed by atoms with Crippen molar-refractivity contribution in [2.45, 2.75) is 0 Å². The zero-order valence-corrected chi connectivity index (χ0v) is 5.27. The van der Waals surface area contributed by atoms with E-state index in [0.29, 0.717) is 0 Å². The molecule has 0 aromatic heterocycles. The van der Waals surface area contributed by atoms with Crippen LogP contribution in [0.3, 0.4) is 0 Å². The van der Waals surface area contributed by atoms with Gasteiger partial charge in [-0.3, -0.25) is 0 Å². The maximum absolute atomic E-state index is 8.25. The standard InChI is InChI=1S/2CH2O2.2Cu/c2*2-1-3;;/h2*1H,(H,2,3);;/q;;2*+1/p-2. The Balaban J connectivity index is -0.0000000160. The van der Waals surface area contributed by atoms with Crippen LogP contribution < -0.4 is 10.2 Å². The third kappa shape index (κ3) is 335000. The molecule has 0 fully saturated rings. The number of hydrogen-bond acceptors (Lipinski definition) is 4. The third-order valence-corrected chi connectivity index (χ3v) is 0. The van der Waals surface area contributed by atoms with Gasteiger partial charge in [-0.05, 0) is 0 Å². The van der Waals surface area contributed by atoms with Gasteiger partial charge in [0, 0.05) is 12.9 Å². The van der Waals surface area contributed by atoms with E-state index in [0.717, 1.165) is 0 Å². The Morgan fingerprint density at radius 1 is 0.875 bits per heavy atom. The van der Waals surface area contributed by atoms with Crippen LogP contribution in [0.2, 0.25) is 0 Å². The van der Waals surface area contributed by atoms with E-state index in [1.54, 1.807) is 0 Å². The van der Waals surface area contributed by atoms with Gasteiger partial charge in [0.15, 0.2) is 0 Å². The molecule has 0 radical (unpaired) electrons. The van der Waals surface area contributed by atoms with Gasteiger partial charge in [0.2, 0.25) is 0 Å². The number of carboxylic acid groups (broad SMARTS) is 2. The minimum atomic E-state index is -0.500. The maximum atomic E-state index is 8.25. The van der Waals surface area contributed by atoms with Crippen molar-refractivity contribution in [3.8, 4) is 0 Å². The van der Waals surface area contributed by atoms with Crippen molar-refractivity contribution in [2.75, 3.05) is 0 Å². The molecule has 4 nitrogen and oxygen atoms in total. The van der Waals surface area contributed by atoms with E-state index in [1.165, 1.54) is 0 Å². The summed E-state index contributed by atoms with van der Waals surface area (Å²) >= 11 is 0. The summed E-state index contributed by atoms with van der Waals surface area (Å²) in [5, 5.41) is 16.5. The molecule has 0 amide bonds. The second-order valence-electron chi connectivity index (χ2n) is 0.192. The fourth-order valence-electron chi connectivity index (χ4n) is 0. The van der Waals surface area contributed by atoms with E-state index < -0.39 is 12.9 Å². The molecular formula is C2H2Cu2O4. The van der Waals surface area contributed by atoms with Crippen molar-refractivity contribution in [2.24, 2.45) is 0 Å². The molecule has 56 valence electrons. The van der Waals surface area contributed by atoms with E-state index in [4.69, 9.17) is 19.8 Å². The van der Waals surface area contributed by atoms with Gasteiger partial charge in [-0.2, -0.15) is 0 Å². The van der Waals surface area contributed by atoms with Crippen LogP contribution in [0, 0.1) is 0 Å². The SMILES string of the molecule is O=C[O-].O=C[O-].[Cu+].[Cu+]. The third-order valence-electron chi connectivity index (χ3n) is 0. The van der Waals surface area contributed by atoms with E-state index >= 15 is 0 Å². The monoisotopic (exact) mass is 216 g/mol. The fourth-order valence-corrected chi connectivity index (χ4v) is 0. The van der Waals surface area contributed by atoms with E-state index in [2.05, 4.69) is 0 Å². The number of hydrogen-bond donors (Lipinski definition) is 0. The normalized spacial score (nSPS) is 3.00. The van der Waals surface area contributed by atoms with Crippen molar-refractivity contribution < 1.29 is 53.9 Å². The van der Waals surface area contributed by atoms with Crippen molar-refractivity contribution in [1.29, 1.82) is 0 Å². The molecule has 0 saturated heterocycles. The van der Waals surface area contributed by atoms with Crippen LogP contribution in [0.1, 0.15) is 0 Å². The fraction of sp³-hybridized carbons (Fsp3) is 0. The molecule has 0 rings (SSSR count). The zero-order valence-electron chi connectivity index (χ0n) is 3.39. The average molecular weight is 217 g/mol. The summed E-state index contributed by atoms with van der Waals surface area (Å²) in [6.07, 6.45) is 0. The van der Waals surface area contributed by atoms with E-state index in [1.807, 2.05) is 0 Å². The summed E-state index contributed by atoms with van der Waals surface area (Å²) in [6.45, 7) is -1.00. The molecule has 0 saturated carbocycles. The molecule has 8 heavy (non-hydrogen) atoms. The Labute approximate surface area is 67.2 Å². The van der Waals surface area contributed by atoms with Crippen molar-refractivity contribution >= 4 is 12.9 Å². The molecule has 0 aromatic carbocycles. The van der Waals surface area contributed by atoms with Crippen LogP contribution in [0.4, 0.5) is 0 Å². The Morgan fingerprint density at radius 2 is 0.875 bits per heavy atom. The predicted molar refractivity (Wildman–Crippen MR) is 12.1 cm³/mol. The van der Waals surface area contributed by atoms with Gasteiger partial charge in [-0.1, -0.05) is 0 Å². The molecule has 0 aromatic rings. The first-order valence-electron chi connectivity index (χ1n) is 0.943. The second-order valence-corrected chi connectivity index (χ2v) is 0.192. The summed E-state index contributed by atoms with van der Waals surface area (Å²) < 4.78 is 0. The van der Waals surface area contributed by atoms with Crippen LogP contribution in [0.15, 0.2) is 0 Å². The average Bonchev–Trinajstić information content (AvgIpc) is 1.39. The van der Waals surface area contributed by atoms with Gasteiger partial charge < -0.3 is 19.8 Å². The Hall–Kier alpha value is -0.0210. The van der Waals surface area contributed by atoms with Crippen molar-refractivity contribution in [3.05, 3.63) is 0 Å². The van der Waals surface area contributed by atoms with Crippen LogP contribution in [0.5, 0.6) is 0 Å². The van der Waals surface area contributed by atoms with E-state index in [-0.39, 0.29) is 34.1 Å². The van der Waals surface area contributed by atoms with Gasteiger partial charge in [-0.15, -0.1) is 0 Å². The second kappa shape index (κ2) is 63.7. The van der Waals surface area contributed by atoms with Crippen LogP contribution in [-0.2, 0) is 43.7 Å². The topological polar surface area (TPSA) is 80.3 Å². The van der Waals surface area contributed by atoms with Crippen molar-refractivity contribution in [3.63, 3.8) is 0 Å². The Kier molecular flexibility index (Phi) is 195. The number of carbonyl (C=O) groups is 2. The smallest absolute Gasteiger partial charge is 0.554 e. The number of rotatable bonds is 0. The first kappa shape index (κ1) is 24.5. The summed E-state index contributed by atoms with van der Waals surface area (Å²) in [5.41, 5.74) is 0. The summed E-state index contributed by atoms with van der Waals surface area (Å²) in [5.74, 6) is 0. The van der Waals surface area contributed by atoms with Gasteiger partial charge in [0.25, 0.3) is 0 Å². The molecule has 0 atom stereocenters. The van der Waals surface area contributed by atoms with E-state index in [9.17, 15) is 0 Å². The summed E-state index contributed by atoms with van der Waals surface area (Å²) in [7, 11) is 0. The first-order valence-corrected chi connectivity index (χ1v) is 0.943. The molecule has 0 spiro atoms. The maximum Gasteiger partial charge on any atom is 1.00 e. The van der Waals surface area contributed by atoms with Gasteiger partial charge in [0.1, 0.15) is 0 Å². The van der Waals surface area contributed by atoms with Crippen LogP contribution >= 0.6 is 0 Å². The quantitative estimate of drug-likeness (QED) is 0.315. The van der Waals surface area contributed by atoms with Crippen molar-refractivity contribution in [1.82, 2.24) is 0 Å². The molecule has 0 aliphatic heterocycles. The van der Waals surface area contributed by atoms with Gasteiger partial charge in [0.05, 0.1) is 0 Å².